The van der Waals surface area contributed by atoms with Crippen LogP contribution in [0.4, 0.5) is 4.79 Å². The summed E-state index contributed by atoms with van der Waals surface area (Å²) in [5, 5.41) is 4.98. The molecule has 0 saturated heterocycles. The number of alkyl halides is 6. The molecule has 0 aromatic heterocycles. The van der Waals surface area contributed by atoms with Gasteiger partial charge in [-0.1, -0.05) is 69.6 Å². The molecule has 0 heterocycles. The van der Waals surface area contributed by atoms with Crippen molar-refractivity contribution in [1.29, 1.82) is 0 Å². The maximum atomic E-state index is 11.9. The van der Waals surface area contributed by atoms with Gasteiger partial charge < -0.3 is 10.6 Å². The summed E-state index contributed by atoms with van der Waals surface area (Å²) in [7, 11) is 6.58. The first-order chi connectivity index (χ1) is 8.76. The van der Waals surface area contributed by atoms with E-state index in [-0.39, 0.29) is 0 Å². The Balaban J connectivity index is 4.84. The molecule has 0 aliphatic rings. The lowest BCUT2D eigenvalue weighted by Crippen LogP contribution is -2.60. The van der Waals surface area contributed by atoms with Gasteiger partial charge in [0.2, 0.25) is 7.59 Å². The SMILES string of the molecule is CN(C)[C@@H](NC(=O)N[C@H](N(C)C)C(Cl)(Cl)Cl)C(Cl)(Cl)Cl. The number of nitrogens with zero attached hydrogens (tertiary/aromatic N) is 2. The highest BCUT2D eigenvalue weighted by Gasteiger charge is 2.39. The van der Waals surface area contributed by atoms with Crippen molar-refractivity contribution in [3.05, 3.63) is 0 Å². The highest BCUT2D eigenvalue weighted by molar-refractivity contribution is 6.68. The maximum absolute atomic E-state index is 11.9. The van der Waals surface area contributed by atoms with Crippen molar-refractivity contribution >= 4 is 75.6 Å². The van der Waals surface area contributed by atoms with Crippen molar-refractivity contribution in [3.8, 4) is 0 Å². The Hall–Kier alpha value is 0.930. The number of hydrogen-bond donors (Lipinski definition) is 2. The molecule has 0 saturated carbocycles. The van der Waals surface area contributed by atoms with Crippen LogP contribution >= 0.6 is 69.6 Å². The molecule has 2 amide bonds. The smallest absolute Gasteiger partial charge is 0.317 e. The van der Waals surface area contributed by atoms with Crippen molar-refractivity contribution in [2.45, 2.75) is 19.9 Å². The molecule has 5 nitrogen and oxygen atoms in total. The molecule has 11 heteroatoms. The van der Waals surface area contributed by atoms with Gasteiger partial charge in [0.1, 0.15) is 12.3 Å². The summed E-state index contributed by atoms with van der Waals surface area (Å²) < 4.78 is -3.43. The van der Waals surface area contributed by atoms with Gasteiger partial charge in [0, 0.05) is 0 Å². The molecule has 0 radical (unpaired) electrons. The van der Waals surface area contributed by atoms with E-state index in [9.17, 15) is 4.79 Å². The van der Waals surface area contributed by atoms with E-state index in [1.165, 1.54) is 9.80 Å². The summed E-state index contributed by atoms with van der Waals surface area (Å²) >= 11 is 34.7. The lowest BCUT2D eigenvalue weighted by Gasteiger charge is -2.34. The maximum Gasteiger partial charge on any atom is 0.317 e. The molecule has 0 bridgehead atoms. The zero-order valence-electron chi connectivity index (χ0n) is 11.2. The number of amides is 2. The van der Waals surface area contributed by atoms with Crippen LogP contribution in [0.25, 0.3) is 0 Å². The van der Waals surface area contributed by atoms with Gasteiger partial charge in [0.15, 0.2) is 0 Å². The third-order valence-corrected chi connectivity index (χ3v) is 3.43. The number of rotatable bonds is 4. The fourth-order valence-corrected chi connectivity index (χ4v) is 2.80. The van der Waals surface area contributed by atoms with E-state index < -0.39 is 25.9 Å². The second-order valence-electron chi connectivity index (χ2n) is 4.43. The zero-order chi connectivity index (χ0) is 16.3. The van der Waals surface area contributed by atoms with Crippen LogP contribution in [0.1, 0.15) is 0 Å². The average molecular weight is 409 g/mol. The second kappa shape index (κ2) is 7.97. The fourth-order valence-electron chi connectivity index (χ4n) is 1.30. The van der Waals surface area contributed by atoms with Gasteiger partial charge in [-0.2, -0.15) is 0 Å². The first kappa shape index (κ1) is 20.9. The van der Waals surface area contributed by atoms with Crippen molar-refractivity contribution in [3.63, 3.8) is 0 Å². The number of urea groups is 1. The monoisotopic (exact) mass is 406 g/mol. The minimum absolute atomic E-state index is 0.639. The highest BCUT2D eigenvalue weighted by Crippen LogP contribution is 2.32. The van der Waals surface area contributed by atoms with Gasteiger partial charge in [-0.3, -0.25) is 9.80 Å². The van der Waals surface area contributed by atoms with Gasteiger partial charge in [-0.05, 0) is 28.2 Å². The molecular weight excluding hydrogens is 393 g/mol. The Kier molecular flexibility index (Phi) is 8.34. The van der Waals surface area contributed by atoms with Crippen LogP contribution in [-0.4, -0.2) is 63.9 Å². The number of carbonyl (C=O) groups excluding carboxylic acids is 1. The van der Waals surface area contributed by atoms with Crippen LogP contribution in [0.2, 0.25) is 0 Å². The van der Waals surface area contributed by atoms with E-state index in [1.807, 2.05) is 0 Å². The summed E-state index contributed by atoms with van der Waals surface area (Å²) in [5.41, 5.74) is 0. The zero-order valence-corrected chi connectivity index (χ0v) is 15.8. The lowest BCUT2D eigenvalue weighted by atomic mass is 10.4. The Morgan fingerprint density at radius 1 is 0.800 bits per heavy atom. The number of carbonyl (C=O) groups is 1. The van der Waals surface area contributed by atoms with Crippen LogP contribution in [-0.2, 0) is 0 Å². The first-order valence-corrected chi connectivity index (χ1v) is 7.57. The lowest BCUT2D eigenvalue weighted by molar-refractivity contribution is 0.190. The highest BCUT2D eigenvalue weighted by atomic mass is 35.6. The van der Waals surface area contributed by atoms with Crippen LogP contribution in [0, 0.1) is 0 Å². The van der Waals surface area contributed by atoms with Crippen molar-refractivity contribution in [1.82, 2.24) is 20.4 Å². The summed E-state index contributed by atoms with van der Waals surface area (Å²) in [6, 6.07) is -0.639. The van der Waals surface area contributed by atoms with Gasteiger partial charge in [-0.25, -0.2) is 4.79 Å². The third-order valence-electron chi connectivity index (χ3n) is 2.19. The topological polar surface area (TPSA) is 47.6 Å². The molecule has 2 atom stereocenters. The standard InChI is InChI=1S/C9H16Cl6N4O/c1-18(2)5(8(10,11)12)16-7(20)17-6(19(3)4)9(13,14)15/h5-6H,1-4H3,(H2,16,17,20)/t5-,6-/m1/s1. The minimum Gasteiger partial charge on any atom is -0.318 e. The number of nitrogens with one attached hydrogen (secondary N) is 2. The molecular formula is C9H16Cl6N4O. The summed E-state index contributed by atoms with van der Waals surface area (Å²) in [5.74, 6) is 0. The van der Waals surface area contributed by atoms with E-state index in [4.69, 9.17) is 69.6 Å². The fraction of sp³-hybridized carbons (Fsp3) is 0.889. The van der Waals surface area contributed by atoms with E-state index in [1.54, 1.807) is 28.2 Å². The van der Waals surface area contributed by atoms with Crippen molar-refractivity contribution < 1.29 is 4.79 Å². The normalized spacial score (nSPS) is 16.2. The summed E-state index contributed by atoms with van der Waals surface area (Å²) in [6.45, 7) is 0. The molecule has 0 rings (SSSR count). The predicted molar refractivity (Wildman–Crippen MR) is 87.2 cm³/mol. The molecule has 0 spiro atoms. The van der Waals surface area contributed by atoms with Crippen LogP contribution < -0.4 is 10.6 Å². The molecule has 0 aliphatic heterocycles. The van der Waals surface area contributed by atoms with E-state index in [0.717, 1.165) is 0 Å². The largest absolute Gasteiger partial charge is 0.318 e. The van der Waals surface area contributed by atoms with E-state index in [2.05, 4.69) is 10.6 Å². The summed E-state index contributed by atoms with van der Waals surface area (Å²) in [6.07, 6.45) is -1.71. The number of halogens is 6. The molecule has 20 heavy (non-hydrogen) atoms. The van der Waals surface area contributed by atoms with Crippen LogP contribution in [0.15, 0.2) is 0 Å². The molecule has 0 aliphatic carbocycles. The second-order valence-corrected chi connectivity index (χ2v) is 9.17. The van der Waals surface area contributed by atoms with Crippen LogP contribution in [0.5, 0.6) is 0 Å². The minimum atomic E-state index is -1.71. The van der Waals surface area contributed by atoms with Gasteiger partial charge in [-0.15, -0.1) is 0 Å². The third kappa shape index (κ3) is 7.27. The molecule has 2 N–H and O–H groups in total. The van der Waals surface area contributed by atoms with Gasteiger partial charge in [0.25, 0.3) is 0 Å². The Labute approximate surface area is 148 Å². The Morgan fingerprint density at radius 3 is 1.20 bits per heavy atom. The van der Waals surface area contributed by atoms with Gasteiger partial charge >= 0.3 is 6.03 Å². The molecule has 0 aromatic carbocycles. The molecule has 0 aromatic rings. The van der Waals surface area contributed by atoms with E-state index >= 15 is 0 Å². The van der Waals surface area contributed by atoms with Gasteiger partial charge in [0.05, 0.1) is 0 Å². The Morgan fingerprint density at radius 2 is 1.05 bits per heavy atom. The average Bonchev–Trinajstić information content (AvgIpc) is 2.18. The van der Waals surface area contributed by atoms with E-state index in [0.29, 0.717) is 0 Å². The molecule has 120 valence electrons. The quantitative estimate of drug-likeness (QED) is 0.555. The van der Waals surface area contributed by atoms with Crippen molar-refractivity contribution in [2.75, 3.05) is 28.2 Å². The number of hydrogen-bond acceptors (Lipinski definition) is 3. The summed E-state index contributed by atoms with van der Waals surface area (Å²) in [4.78, 5) is 15.0. The molecule has 0 fully saturated rings. The molecule has 0 unspecified atom stereocenters. The Bertz CT molecular complexity index is 297. The van der Waals surface area contributed by atoms with Crippen LogP contribution in [0.3, 0.4) is 0 Å². The first-order valence-electron chi connectivity index (χ1n) is 5.30. The van der Waals surface area contributed by atoms with Crippen molar-refractivity contribution in [2.24, 2.45) is 0 Å². The predicted octanol–water partition coefficient (Wildman–Crippen LogP) is 2.80.